The molecule has 1 saturated heterocycles. The minimum atomic E-state index is 0.283. The van der Waals surface area contributed by atoms with Crippen molar-refractivity contribution in [2.24, 2.45) is 0 Å². The first-order chi connectivity index (χ1) is 14.4. The van der Waals surface area contributed by atoms with Gasteiger partial charge in [-0.25, -0.2) is 19.0 Å². The normalized spacial score (nSPS) is 16.1. The lowest BCUT2D eigenvalue weighted by Gasteiger charge is -2.12. The molecule has 1 N–H and O–H groups in total. The molecule has 1 fully saturated rings. The highest BCUT2D eigenvalue weighted by Crippen LogP contribution is 2.22. The third-order valence-corrected chi connectivity index (χ3v) is 6.72. The molecule has 158 valence electrons. The number of hydrogen-bond acceptors (Lipinski definition) is 6. The Morgan fingerprint density at radius 1 is 1.07 bits per heavy atom. The van der Waals surface area contributed by atoms with Crippen LogP contribution in [0.5, 0.6) is 0 Å². The summed E-state index contributed by atoms with van der Waals surface area (Å²) in [6, 6.07) is 3.52. The minimum absolute atomic E-state index is 0.283. The van der Waals surface area contributed by atoms with Gasteiger partial charge in [-0.1, -0.05) is 23.2 Å². The van der Waals surface area contributed by atoms with Gasteiger partial charge in [0.05, 0.1) is 28.7 Å². The second-order valence-corrected chi connectivity index (χ2v) is 10.2. The molecule has 5 heterocycles. The lowest BCUT2D eigenvalue weighted by molar-refractivity contribution is 0.120. The predicted octanol–water partition coefficient (Wildman–Crippen LogP) is 5.33. The second-order valence-electron chi connectivity index (χ2n) is 6.34. The smallest absolute Gasteiger partial charge is 0.178 e. The summed E-state index contributed by atoms with van der Waals surface area (Å²) in [5.74, 6) is 0. The number of rotatable bonds is 3. The molecule has 5 rings (SSSR count). The fourth-order valence-electron chi connectivity index (χ4n) is 2.95. The number of halogens is 5. The maximum Gasteiger partial charge on any atom is 0.178 e. The molecule has 13 heteroatoms. The number of hydrogen-bond donors (Lipinski definition) is 1. The molecule has 1 aliphatic heterocycles. The summed E-state index contributed by atoms with van der Waals surface area (Å²) >= 11 is 19.4. The van der Waals surface area contributed by atoms with Gasteiger partial charge in [0, 0.05) is 19.2 Å². The maximum absolute atomic E-state index is 6.01. The molecule has 0 aromatic carbocycles. The van der Waals surface area contributed by atoms with Crippen LogP contribution in [-0.2, 0) is 4.74 Å². The molecule has 0 unspecified atom stereocenters. The van der Waals surface area contributed by atoms with Crippen LogP contribution in [0.4, 0.5) is 5.69 Å². The van der Waals surface area contributed by atoms with E-state index < -0.39 is 0 Å². The molecule has 0 spiro atoms. The Morgan fingerprint density at radius 3 is 2.37 bits per heavy atom. The Morgan fingerprint density at radius 2 is 1.70 bits per heavy atom. The fraction of sp³-hybridized carbons (Fsp3) is 0.294. The van der Waals surface area contributed by atoms with Crippen LogP contribution in [0.1, 0.15) is 12.8 Å². The van der Waals surface area contributed by atoms with E-state index in [1.54, 1.807) is 33.6 Å². The Hall–Kier alpha value is -0.480. The van der Waals surface area contributed by atoms with E-state index in [0.717, 1.165) is 54.8 Å². The molecule has 8 nitrogen and oxygen atoms in total. The van der Waals surface area contributed by atoms with Crippen LogP contribution < -0.4 is 5.32 Å². The summed E-state index contributed by atoms with van der Waals surface area (Å²) < 4.78 is 11.7. The number of anilines is 1. The molecule has 0 amide bonds. The van der Waals surface area contributed by atoms with Gasteiger partial charge < -0.3 is 10.1 Å². The Balaban J connectivity index is 0.000000158. The van der Waals surface area contributed by atoms with Crippen molar-refractivity contribution in [2.75, 3.05) is 18.5 Å². The summed E-state index contributed by atoms with van der Waals surface area (Å²) in [7, 11) is 0. The van der Waals surface area contributed by atoms with Crippen LogP contribution >= 0.6 is 84.3 Å². The number of ether oxygens (including phenoxy) is 1. The van der Waals surface area contributed by atoms with E-state index in [2.05, 4.69) is 86.6 Å². The van der Waals surface area contributed by atoms with Crippen molar-refractivity contribution in [1.29, 1.82) is 0 Å². The van der Waals surface area contributed by atoms with Gasteiger partial charge in [-0.2, -0.15) is 10.2 Å². The third-order valence-electron chi connectivity index (χ3n) is 4.29. The van der Waals surface area contributed by atoms with Crippen molar-refractivity contribution in [2.45, 2.75) is 18.9 Å². The molecule has 1 atom stereocenters. The summed E-state index contributed by atoms with van der Waals surface area (Å²) in [5.41, 5.74) is 2.47. The number of aromatic nitrogens is 6. The molecular formula is C17H14BrCl2I2N7O. The fourth-order valence-corrected chi connectivity index (χ4v) is 4.89. The van der Waals surface area contributed by atoms with Gasteiger partial charge in [0.1, 0.15) is 7.40 Å². The molecule has 0 radical (unpaired) electrons. The topological polar surface area (TPSA) is 81.6 Å². The van der Waals surface area contributed by atoms with Gasteiger partial charge in [0.2, 0.25) is 0 Å². The van der Waals surface area contributed by atoms with Crippen LogP contribution in [-0.4, -0.2) is 48.5 Å². The Bertz CT molecular complexity index is 1200. The summed E-state index contributed by atoms with van der Waals surface area (Å²) in [5, 5.41) is 12.5. The first kappa shape index (κ1) is 22.7. The highest BCUT2D eigenvalue weighted by Gasteiger charge is 2.16. The van der Waals surface area contributed by atoms with Crippen LogP contribution in [0.3, 0.4) is 0 Å². The van der Waals surface area contributed by atoms with E-state index in [9.17, 15) is 0 Å². The largest absolute Gasteiger partial charge is 0.379 e. The lowest BCUT2D eigenvalue weighted by Crippen LogP contribution is -2.19. The van der Waals surface area contributed by atoms with Crippen molar-refractivity contribution in [3.05, 3.63) is 46.7 Å². The molecule has 0 aliphatic carbocycles. The molecule has 4 aromatic heterocycles. The van der Waals surface area contributed by atoms with E-state index in [1.807, 2.05) is 0 Å². The maximum atomic E-state index is 6.01. The number of imidazole rings is 2. The first-order valence-corrected chi connectivity index (χ1v) is 12.5. The van der Waals surface area contributed by atoms with Crippen LogP contribution in [0, 0.1) is 7.40 Å². The summed E-state index contributed by atoms with van der Waals surface area (Å²) in [6.45, 7) is 1.64. The van der Waals surface area contributed by atoms with E-state index in [1.165, 1.54) is 0 Å². The summed E-state index contributed by atoms with van der Waals surface area (Å²) in [4.78, 5) is 8.48. The highest BCUT2D eigenvalue weighted by molar-refractivity contribution is 14.1. The third kappa shape index (κ3) is 5.11. The van der Waals surface area contributed by atoms with Gasteiger partial charge in [0.15, 0.2) is 21.6 Å². The lowest BCUT2D eigenvalue weighted by atomic mass is 10.2. The van der Waals surface area contributed by atoms with Gasteiger partial charge in [0.25, 0.3) is 0 Å². The molecule has 30 heavy (non-hydrogen) atoms. The number of nitrogens with zero attached hydrogens (tertiary/aromatic N) is 6. The van der Waals surface area contributed by atoms with Gasteiger partial charge in [-0.05, 0) is 80.0 Å². The van der Waals surface area contributed by atoms with Crippen molar-refractivity contribution >= 4 is 101 Å². The standard InChI is InChI=1S/C11H12ClIN4O.C6H2BrClIN3/c12-9-4-8(14-5-7-2-1-3-18-7)11-15-6-10(13)17(11)16-9;7-3-1-4(8)11-12-5(9)2-10-6(3)12/h4,6-7,14H,1-3,5H2;1-2H/t7-;/m0./s1. The van der Waals surface area contributed by atoms with E-state index in [4.69, 9.17) is 27.9 Å². The minimum Gasteiger partial charge on any atom is -0.379 e. The zero-order valence-corrected chi connectivity index (χ0v) is 22.6. The molecule has 0 saturated carbocycles. The van der Waals surface area contributed by atoms with Gasteiger partial charge in [-0.3, -0.25) is 0 Å². The van der Waals surface area contributed by atoms with Crippen molar-refractivity contribution in [3.63, 3.8) is 0 Å². The zero-order chi connectivity index (χ0) is 21.3. The number of nitrogens with one attached hydrogen (secondary N) is 1. The van der Waals surface area contributed by atoms with Crippen LogP contribution in [0.25, 0.3) is 11.3 Å². The van der Waals surface area contributed by atoms with Crippen molar-refractivity contribution in [3.8, 4) is 0 Å². The van der Waals surface area contributed by atoms with E-state index >= 15 is 0 Å². The first-order valence-electron chi connectivity index (χ1n) is 8.83. The predicted molar refractivity (Wildman–Crippen MR) is 137 cm³/mol. The molecule has 1 aliphatic rings. The van der Waals surface area contributed by atoms with E-state index in [0.29, 0.717) is 10.3 Å². The van der Waals surface area contributed by atoms with Gasteiger partial charge >= 0.3 is 0 Å². The average molecular weight is 737 g/mol. The van der Waals surface area contributed by atoms with E-state index in [-0.39, 0.29) is 6.10 Å². The molecule has 4 aromatic rings. The molecular weight excluding hydrogens is 723 g/mol. The zero-order valence-electron chi connectivity index (χ0n) is 15.2. The van der Waals surface area contributed by atoms with Crippen LogP contribution in [0.15, 0.2) is 29.0 Å². The highest BCUT2D eigenvalue weighted by atomic mass is 127. The van der Waals surface area contributed by atoms with Crippen molar-refractivity contribution < 1.29 is 4.74 Å². The monoisotopic (exact) mass is 735 g/mol. The SMILES string of the molecule is Clc1cc(Br)c2ncc(I)n2n1.Clc1cc(NC[C@@H]2CCCO2)c2ncc(I)n2n1. The summed E-state index contributed by atoms with van der Waals surface area (Å²) in [6.07, 6.45) is 6.04. The quantitative estimate of drug-likeness (QED) is 0.287. The number of fused-ring (bicyclic) bond motifs is 2. The molecule has 0 bridgehead atoms. The Labute approximate surface area is 217 Å². The van der Waals surface area contributed by atoms with Crippen LogP contribution in [0.2, 0.25) is 10.3 Å². The van der Waals surface area contributed by atoms with Crippen molar-refractivity contribution in [1.82, 2.24) is 29.2 Å². The Kier molecular flexibility index (Phi) is 7.55. The van der Waals surface area contributed by atoms with Gasteiger partial charge in [-0.15, -0.1) is 0 Å². The second kappa shape index (κ2) is 9.98. The average Bonchev–Trinajstić information content (AvgIpc) is 3.43.